The van der Waals surface area contributed by atoms with Crippen molar-refractivity contribution < 1.29 is 17.9 Å². The van der Waals surface area contributed by atoms with Crippen LogP contribution in [-0.2, 0) is 6.18 Å². The predicted molar refractivity (Wildman–Crippen MR) is 98.6 cm³/mol. The van der Waals surface area contributed by atoms with E-state index in [1.54, 1.807) is 48.5 Å². The Balaban J connectivity index is 2.15. The highest BCUT2D eigenvalue weighted by Crippen LogP contribution is 2.33. The molecule has 0 bridgehead atoms. The molecule has 1 aromatic heterocycles. The van der Waals surface area contributed by atoms with Crippen molar-refractivity contribution in [2.75, 3.05) is 7.11 Å². The molecule has 0 radical (unpaired) electrons. The van der Waals surface area contributed by atoms with E-state index in [4.69, 9.17) is 4.74 Å². The van der Waals surface area contributed by atoms with Crippen molar-refractivity contribution in [2.24, 2.45) is 0 Å². The summed E-state index contributed by atoms with van der Waals surface area (Å²) < 4.78 is 46.2. The highest BCUT2D eigenvalue weighted by molar-refractivity contribution is 6.06. The van der Waals surface area contributed by atoms with Gasteiger partial charge in [-0.15, -0.1) is 0 Å². The molecule has 27 heavy (non-hydrogen) atoms. The molecule has 0 atom stereocenters. The van der Waals surface area contributed by atoms with Crippen LogP contribution >= 0.6 is 0 Å². The lowest BCUT2D eigenvalue weighted by Crippen LogP contribution is -2.19. The van der Waals surface area contributed by atoms with Crippen molar-refractivity contribution in [2.45, 2.75) is 6.18 Å². The summed E-state index contributed by atoms with van der Waals surface area (Å²) in [6, 6.07) is 17.0. The molecule has 0 aliphatic heterocycles. The number of ether oxygens (including phenoxy) is 1. The maximum absolute atomic E-state index is 13.3. The Morgan fingerprint density at radius 3 is 2.15 bits per heavy atom. The van der Waals surface area contributed by atoms with E-state index in [0.717, 1.165) is 12.1 Å². The Morgan fingerprint density at radius 1 is 0.852 bits per heavy atom. The summed E-state index contributed by atoms with van der Waals surface area (Å²) in [6.07, 6.45) is -4.50. The van der Waals surface area contributed by atoms with E-state index >= 15 is 0 Å². The topological polar surface area (TPSA) is 31.2 Å². The van der Waals surface area contributed by atoms with Crippen molar-refractivity contribution in [3.63, 3.8) is 0 Å². The van der Waals surface area contributed by atoms with Gasteiger partial charge in [0.05, 0.1) is 18.2 Å². The third kappa shape index (κ3) is 2.83. The van der Waals surface area contributed by atoms with Crippen molar-refractivity contribution in [1.29, 1.82) is 0 Å². The molecule has 6 heteroatoms. The first-order chi connectivity index (χ1) is 12.9. The van der Waals surface area contributed by atoms with E-state index in [1.165, 1.54) is 17.7 Å². The van der Waals surface area contributed by atoms with Gasteiger partial charge in [0.1, 0.15) is 5.75 Å². The van der Waals surface area contributed by atoms with E-state index in [9.17, 15) is 18.0 Å². The molecular weight excluding hydrogens is 355 g/mol. The Bertz CT molecular complexity index is 1210. The van der Waals surface area contributed by atoms with Crippen LogP contribution < -0.4 is 10.3 Å². The number of benzene rings is 3. The number of pyridine rings is 1. The average molecular weight is 369 g/mol. The van der Waals surface area contributed by atoms with Crippen LogP contribution in [0, 0.1) is 0 Å². The van der Waals surface area contributed by atoms with Crippen LogP contribution in [0.3, 0.4) is 0 Å². The molecular formula is C21H14F3NO2. The maximum Gasteiger partial charge on any atom is 0.416 e. The second-order valence-electron chi connectivity index (χ2n) is 6.11. The zero-order chi connectivity index (χ0) is 19.2. The van der Waals surface area contributed by atoms with Gasteiger partial charge in [0.25, 0.3) is 5.56 Å². The highest BCUT2D eigenvalue weighted by atomic mass is 19.4. The first-order valence-corrected chi connectivity index (χ1v) is 8.19. The first kappa shape index (κ1) is 17.1. The van der Waals surface area contributed by atoms with Gasteiger partial charge in [0.15, 0.2) is 0 Å². The minimum absolute atomic E-state index is 0.207. The first-order valence-electron chi connectivity index (χ1n) is 8.19. The van der Waals surface area contributed by atoms with E-state index < -0.39 is 11.7 Å². The lowest BCUT2D eigenvalue weighted by molar-refractivity contribution is -0.137. The van der Waals surface area contributed by atoms with Crippen LogP contribution in [0.2, 0.25) is 0 Å². The molecule has 3 aromatic carbocycles. The molecule has 0 aliphatic rings. The number of nitrogens with zero attached hydrogens (tertiary/aromatic N) is 1. The number of alkyl halides is 3. The number of rotatable bonds is 2. The van der Waals surface area contributed by atoms with Crippen LogP contribution in [-0.4, -0.2) is 11.7 Å². The van der Waals surface area contributed by atoms with Crippen molar-refractivity contribution in [3.8, 4) is 11.4 Å². The van der Waals surface area contributed by atoms with Gasteiger partial charge in [-0.05, 0) is 47.9 Å². The fourth-order valence-corrected chi connectivity index (χ4v) is 3.24. The minimum Gasteiger partial charge on any atom is -0.497 e. The van der Waals surface area contributed by atoms with Crippen LogP contribution in [0.1, 0.15) is 5.56 Å². The molecule has 0 amide bonds. The molecule has 0 spiro atoms. The standard InChI is InChI=1S/C21H14F3NO2/c1-27-15-9-7-14(8-10-15)25-19-12-13(21(22,23)24)6-11-17(19)16-4-2-3-5-18(16)20(25)26/h2-12H,1H3. The van der Waals surface area contributed by atoms with Gasteiger partial charge in [0, 0.05) is 16.5 Å². The molecule has 0 N–H and O–H groups in total. The van der Waals surface area contributed by atoms with Gasteiger partial charge in [-0.1, -0.05) is 24.3 Å². The smallest absolute Gasteiger partial charge is 0.416 e. The van der Waals surface area contributed by atoms with E-state index in [-0.39, 0.29) is 11.1 Å². The summed E-state index contributed by atoms with van der Waals surface area (Å²) in [5.41, 5.74) is -0.496. The summed E-state index contributed by atoms with van der Waals surface area (Å²) in [7, 11) is 1.52. The fourth-order valence-electron chi connectivity index (χ4n) is 3.24. The normalized spacial score (nSPS) is 11.9. The Labute approximate surface area is 152 Å². The Kier molecular flexibility index (Phi) is 3.91. The van der Waals surface area contributed by atoms with Gasteiger partial charge >= 0.3 is 6.18 Å². The lowest BCUT2D eigenvalue weighted by Gasteiger charge is -2.15. The van der Waals surface area contributed by atoms with Crippen molar-refractivity contribution >= 4 is 21.7 Å². The summed E-state index contributed by atoms with van der Waals surface area (Å²) in [5, 5.41) is 1.64. The van der Waals surface area contributed by atoms with Gasteiger partial charge in [-0.3, -0.25) is 9.36 Å². The average Bonchev–Trinajstić information content (AvgIpc) is 2.67. The lowest BCUT2D eigenvalue weighted by atomic mass is 10.0. The maximum atomic E-state index is 13.3. The molecule has 1 heterocycles. The highest BCUT2D eigenvalue weighted by Gasteiger charge is 2.31. The number of fused-ring (bicyclic) bond motifs is 3. The number of halogens is 3. The minimum atomic E-state index is -4.50. The number of hydrogen-bond donors (Lipinski definition) is 0. The summed E-state index contributed by atoms with van der Waals surface area (Å²) in [6.45, 7) is 0. The molecule has 0 unspecified atom stereocenters. The molecule has 3 nitrogen and oxygen atoms in total. The van der Waals surface area contributed by atoms with Crippen molar-refractivity contribution in [3.05, 3.63) is 82.6 Å². The van der Waals surface area contributed by atoms with Crippen LogP contribution in [0.4, 0.5) is 13.2 Å². The fraction of sp³-hybridized carbons (Fsp3) is 0.0952. The zero-order valence-corrected chi connectivity index (χ0v) is 14.2. The molecule has 136 valence electrons. The SMILES string of the molecule is COc1ccc(-n2c(=O)c3ccccc3c3ccc(C(F)(F)F)cc32)cc1. The number of hydrogen-bond acceptors (Lipinski definition) is 2. The Hall–Kier alpha value is -3.28. The Morgan fingerprint density at radius 2 is 1.52 bits per heavy atom. The monoisotopic (exact) mass is 369 g/mol. The molecule has 0 saturated carbocycles. The van der Waals surface area contributed by atoms with Crippen LogP contribution in [0.25, 0.3) is 27.4 Å². The van der Waals surface area contributed by atoms with Gasteiger partial charge in [-0.25, -0.2) is 0 Å². The molecule has 0 saturated heterocycles. The van der Waals surface area contributed by atoms with Crippen molar-refractivity contribution in [1.82, 2.24) is 4.57 Å². The quantitative estimate of drug-likeness (QED) is 0.457. The summed E-state index contributed by atoms with van der Waals surface area (Å²) in [4.78, 5) is 13.1. The van der Waals surface area contributed by atoms with Gasteiger partial charge < -0.3 is 4.74 Å². The van der Waals surface area contributed by atoms with Crippen LogP contribution in [0.5, 0.6) is 5.75 Å². The van der Waals surface area contributed by atoms with E-state index in [2.05, 4.69) is 0 Å². The third-order valence-corrected chi connectivity index (χ3v) is 4.55. The van der Waals surface area contributed by atoms with Gasteiger partial charge in [0.2, 0.25) is 0 Å². The number of methoxy groups -OCH3 is 1. The molecule has 4 aromatic rings. The molecule has 0 fully saturated rings. The molecule has 0 aliphatic carbocycles. The zero-order valence-electron chi connectivity index (χ0n) is 14.2. The largest absolute Gasteiger partial charge is 0.497 e. The second-order valence-corrected chi connectivity index (χ2v) is 6.11. The predicted octanol–water partition coefficient (Wildman–Crippen LogP) is 5.17. The molecule has 4 rings (SSSR count). The summed E-state index contributed by atoms with van der Waals surface area (Å²) in [5.74, 6) is 0.591. The van der Waals surface area contributed by atoms with E-state index in [0.29, 0.717) is 27.6 Å². The van der Waals surface area contributed by atoms with Crippen LogP contribution in [0.15, 0.2) is 71.5 Å². The number of aromatic nitrogens is 1. The second kappa shape index (κ2) is 6.16. The third-order valence-electron chi connectivity index (χ3n) is 4.55. The van der Waals surface area contributed by atoms with Gasteiger partial charge in [-0.2, -0.15) is 13.2 Å². The summed E-state index contributed by atoms with van der Waals surface area (Å²) >= 11 is 0. The van der Waals surface area contributed by atoms with E-state index in [1.807, 2.05) is 0 Å².